The van der Waals surface area contributed by atoms with Crippen molar-refractivity contribution in [3.63, 3.8) is 0 Å². The van der Waals surface area contributed by atoms with E-state index in [0.717, 1.165) is 0 Å². The van der Waals surface area contributed by atoms with Gasteiger partial charge in [0.05, 0.1) is 5.39 Å². The molecule has 1 aromatic heterocycles. The third-order valence-electron chi connectivity index (χ3n) is 3.45. The van der Waals surface area contributed by atoms with Crippen molar-refractivity contribution in [2.75, 3.05) is 14.1 Å². The standard InChI is InChI=1S/C18H15NO3/c1-19(2)18(21)15-16(20)13-10-6-7-11-14(13)22-17(15)12-8-4-3-5-9-12/h3-11H,1-2H3. The number of carbonyl (C=O) groups excluding carboxylic acids is 1. The van der Waals surface area contributed by atoms with Crippen molar-refractivity contribution < 1.29 is 9.21 Å². The fourth-order valence-electron chi connectivity index (χ4n) is 2.35. The Bertz CT molecular complexity index is 895. The lowest BCUT2D eigenvalue weighted by molar-refractivity contribution is 0.0825. The van der Waals surface area contributed by atoms with Crippen LogP contribution in [0.5, 0.6) is 0 Å². The minimum absolute atomic E-state index is 0.0647. The van der Waals surface area contributed by atoms with E-state index in [1.807, 2.05) is 30.3 Å². The molecule has 0 N–H and O–H groups in total. The number of rotatable bonds is 2. The summed E-state index contributed by atoms with van der Waals surface area (Å²) in [6, 6.07) is 16.1. The van der Waals surface area contributed by atoms with E-state index in [4.69, 9.17) is 4.42 Å². The molecule has 0 aliphatic carbocycles. The van der Waals surface area contributed by atoms with Gasteiger partial charge in [0.2, 0.25) is 5.43 Å². The summed E-state index contributed by atoms with van der Waals surface area (Å²) in [6.45, 7) is 0. The average molecular weight is 293 g/mol. The molecule has 110 valence electrons. The van der Waals surface area contributed by atoms with Crippen molar-refractivity contribution in [3.05, 3.63) is 70.4 Å². The van der Waals surface area contributed by atoms with E-state index in [2.05, 4.69) is 0 Å². The van der Waals surface area contributed by atoms with Gasteiger partial charge < -0.3 is 9.32 Å². The van der Waals surface area contributed by atoms with Crippen LogP contribution in [0.1, 0.15) is 10.4 Å². The number of hydrogen-bond donors (Lipinski definition) is 0. The first kappa shape index (κ1) is 14.1. The zero-order valence-corrected chi connectivity index (χ0v) is 12.4. The maximum absolute atomic E-state index is 12.8. The topological polar surface area (TPSA) is 50.5 Å². The smallest absolute Gasteiger partial charge is 0.261 e. The van der Waals surface area contributed by atoms with Crippen LogP contribution in [-0.2, 0) is 0 Å². The second kappa shape index (κ2) is 5.48. The van der Waals surface area contributed by atoms with Gasteiger partial charge in [-0.15, -0.1) is 0 Å². The lowest BCUT2D eigenvalue weighted by atomic mass is 10.0. The Labute approximate surface area is 127 Å². The van der Waals surface area contributed by atoms with Crippen LogP contribution >= 0.6 is 0 Å². The largest absolute Gasteiger partial charge is 0.455 e. The molecule has 0 spiro atoms. The molecule has 0 radical (unpaired) electrons. The molecule has 0 aliphatic heterocycles. The zero-order valence-electron chi connectivity index (χ0n) is 12.4. The van der Waals surface area contributed by atoms with Gasteiger partial charge in [0.15, 0.2) is 5.76 Å². The van der Waals surface area contributed by atoms with E-state index in [9.17, 15) is 9.59 Å². The third-order valence-corrected chi connectivity index (χ3v) is 3.45. The Morgan fingerprint density at radius 2 is 1.59 bits per heavy atom. The molecule has 0 unspecified atom stereocenters. The molecule has 0 saturated heterocycles. The average Bonchev–Trinajstić information content (AvgIpc) is 2.55. The highest BCUT2D eigenvalue weighted by molar-refractivity contribution is 6.01. The van der Waals surface area contributed by atoms with Crippen LogP contribution in [0.2, 0.25) is 0 Å². The molecule has 1 heterocycles. The van der Waals surface area contributed by atoms with E-state index in [0.29, 0.717) is 22.3 Å². The number of nitrogens with zero attached hydrogens (tertiary/aromatic N) is 1. The highest BCUT2D eigenvalue weighted by Crippen LogP contribution is 2.26. The van der Waals surface area contributed by atoms with Gasteiger partial charge >= 0.3 is 0 Å². The maximum atomic E-state index is 12.8. The van der Waals surface area contributed by atoms with Crippen LogP contribution in [0, 0.1) is 0 Å². The van der Waals surface area contributed by atoms with Crippen LogP contribution in [0.3, 0.4) is 0 Å². The van der Waals surface area contributed by atoms with Crippen molar-refractivity contribution in [2.24, 2.45) is 0 Å². The monoisotopic (exact) mass is 293 g/mol. The highest BCUT2D eigenvalue weighted by Gasteiger charge is 2.23. The molecule has 0 bridgehead atoms. The molecule has 0 atom stereocenters. The van der Waals surface area contributed by atoms with Crippen LogP contribution in [0.25, 0.3) is 22.3 Å². The second-order valence-electron chi connectivity index (χ2n) is 5.20. The number of benzene rings is 2. The lowest BCUT2D eigenvalue weighted by Gasteiger charge is -2.13. The fraction of sp³-hybridized carbons (Fsp3) is 0.111. The summed E-state index contributed by atoms with van der Waals surface area (Å²) in [4.78, 5) is 26.6. The fourth-order valence-corrected chi connectivity index (χ4v) is 2.35. The van der Waals surface area contributed by atoms with Gasteiger partial charge in [-0.3, -0.25) is 9.59 Å². The Hall–Kier alpha value is -2.88. The number of amides is 1. The van der Waals surface area contributed by atoms with Crippen molar-refractivity contribution in [1.29, 1.82) is 0 Å². The van der Waals surface area contributed by atoms with Crippen molar-refractivity contribution in [3.8, 4) is 11.3 Å². The number of hydrogen-bond acceptors (Lipinski definition) is 3. The van der Waals surface area contributed by atoms with Crippen LogP contribution in [0.15, 0.2) is 63.8 Å². The van der Waals surface area contributed by atoms with E-state index in [1.54, 1.807) is 38.4 Å². The minimum Gasteiger partial charge on any atom is -0.455 e. The predicted molar refractivity (Wildman–Crippen MR) is 85.9 cm³/mol. The molecule has 0 saturated carbocycles. The van der Waals surface area contributed by atoms with E-state index in [-0.39, 0.29) is 16.9 Å². The molecular weight excluding hydrogens is 278 g/mol. The van der Waals surface area contributed by atoms with Gasteiger partial charge in [-0.25, -0.2) is 0 Å². The zero-order chi connectivity index (χ0) is 15.7. The molecule has 2 aromatic carbocycles. The lowest BCUT2D eigenvalue weighted by Crippen LogP contribution is -2.28. The number of para-hydroxylation sites is 1. The van der Waals surface area contributed by atoms with Crippen LogP contribution in [0.4, 0.5) is 0 Å². The van der Waals surface area contributed by atoms with Gasteiger partial charge in [0, 0.05) is 19.7 Å². The summed E-state index contributed by atoms with van der Waals surface area (Å²) in [5, 5.41) is 0.410. The Morgan fingerprint density at radius 1 is 0.955 bits per heavy atom. The Kier molecular flexibility index (Phi) is 3.51. The van der Waals surface area contributed by atoms with Crippen molar-refractivity contribution in [2.45, 2.75) is 0 Å². The third kappa shape index (κ3) is 2.29. The molecular formula is C18H15NO3. The van der Waals surface area contributed by atoms with Gasteiger partial charge in [-0.05, 0) is 12.1 Å². The van der Waals surface area contributed by atoms with E-state index in [1.165, 1.54) is 4.90 Å². The molecule has 1 amide bonds. The molecule has 3 rings (SSSR count). The quantitative estimate of drug-likeness (QED) is 0.729. The van der Waals surface area contributed by atoms with Gasteiger partial charge in [0.25, 0.3) is 5.91 Å². The molecule has 4 nitrogen and oxygen atoms in total. The van der Waals surface area contributed by atoms with E-state index < -0.39 is 0 Å². The van der Waals surface area contributed by atoms with E-state index >= 15 is 0 Å². The molecule has 0 fully saturated rings. The first-order valence-electron chi connectivity index (χ1n) is 6.92. The SMILES string of the molecule is CN(C)C(=O)c1c(-c2ccccc2)oc2ccccc2c1=O. The summed E-state index contributed by atoms with van der Waals surface area (Å²) >= 11 is 0. The number of fused-ring (bicyclic) bond motifs is 1. The predicted octanol–water partition coefficient (Wildman–Crippen LogP) is 3.16. The first-order valence-corrected chi connectivity index (χ1v) is 6.92. The first-order chi connectivity index (χ1) is 10.6. The van der Waals surface area contributed by atoms with Crippen molar-refractivity contribution in [1.82, 2.24) is 4.90 Å². The highest BCUT2D eigenvalue weighted by atomic mass is 16.3. The Balaban J connectivity index is 2.41. The van der Waals surface area contributed by atoms with Gasteiger partial charge in [0.1, 0.15) is 11.1 Å². The Morgan fingerprint density at radius 3 is 2.27 bits per heavy atom. The second-order valence-corrected chi connectivity index (χ2v) is 5.20. The molecule has 0 aliphatic rings. The van der Waals surface area contributed by atoms with Gasteiger partial charge in [-0.1, -0.05) is 42.5 Å². The van der Waals surface area contributed by atoms with Crippen LogP contribution in [-0.4, -0.2) is 24.9 Å². The molecule has 22 heavy (non-hydrogen) atoms. The molecule has 3 aromatic rings. The van der Waals surface area contributed by atoms with Gasteiger partial charge in [-0.2, -0.15) is 0 Å². The number of carbonyl (C=O) groups is 1. The summed E-state index contributed by atoms with van der Waals surface area (Å²) in [7, 11) is 3.23. The normalized spacial score (nSPS) is 10.6. The minimum atomic E-state index is -0.363. The van der Waals surface area contributed by atoms with Crippen LogP contribution < -0.4 is 5.43 Å². The summed E-state index contributed by atoms with van der Waals surface area (Å²) in [5.41, 5.74) is 0.937. The van der Waals surface area contributed by atoms with Crippen molar-refractivity contribution >= 4 is 16.9 Å². The summed E-state index contributed by atoms with van der Waals surface area (Å²) < 4.78 is 5.88. The molecule has 4 heteroatoms. The summed E-state index contributed by atoms with van der Waals surface area (Å²) in [5.74, 6) is -0.0543. The maximum Gasteiger partial charge on any atom is 0.261 e. The summed E-state index contributed by atoms with van der Waals surface area (Å²) in [6.07, 6.45) is 0.